The molecule has 1 aromatic carbocycles. The van der Waals surface area contributed by atoms with E-state index >= 15 is 0 Å². The van der Waals surface area contributed by atoms with Gasteiger partial charge in [-0.3, -0.25) is 9.59 Å². The van der Waals surface area contributed by atoms with Gasteiger partial charge in [-0.1, -0.05) is 29.8 Å². The van der Waals surface area contributed by atoms with Gasteiger partial charge in [0.2, 0.25) is 5.91 Å². The smallest absolute Gasteiger partial charge is 0.309 e. The van der Waals surface area contributed by atoms with Crippen LogP contribution in [0.3, 0.4) is 0 Å². The number of carboxylic acids is 1. The molecule has 16 heavy (non-hydrogen) atoms. The molecule has 2 atom stereocenters. The molecule has 4 heteroatoms. The fourth-order valence-electron chi connectivity index (χ4n) is 2.06. The summed E-state index contributed by atoms with van der Waals surface area (Å²) in [6.07, 6.45) is 0.0634. The van der Waals surface area contributed by atoms with E-state index in [2.05, 4.69) is 5.32 Å². The lowest BCUT2D eigenvalue weighted by Gasteiger charge is -2.16. The molecule has 0 radical (unpaired) electrons. The molecule has 0 bridgehead atoms. The molecule has 0 aromatic heterocycles. The Morgan fingerprint density at radius 1 is 1.50 bits per heavy atom. The maximum absolute atomic E-state index is 11.3. The SMILES string of the molecule is Cc1cccc(C2NC(=O)CC2C(=O)O)c1. The lowest BCUT2D eigenvalue weighted by atomic mass is 9.93. The zero-order valence-corrected chi connectivity index (χ0v) is 8.93. The second kappa shape index (κ2) is 3.96. The first-order valence-electron chi connectivity index (χ1n) is 5.16. The number of carboxylic acid groups (broad SMARTS) is 1. The van der Waals surface area contributed by atoms with Gasteiger partial charge in [0, 0.05) is 6.42 Å². The Labute approximate surface area is 93.3 Å². The number of hydrogen-bond acceptors (Lipinski definition) is 2. The summed E-state index contributed by atoms with van der Waals surface area (Å²) in [6.45, 7) is 1.94. The van der Waals surface area contributed by atoms with E-state index in [0.717, 1.165) is 11.1 Å². The van der Waals surface area contributed by atoms with Gasteiger partial charge in [0.25, 0.3) is 0 Å². The standard InChI is InChI=1S/C12H13NO3/c1-7-3-2-4-8(5-7)11-9(12(15)16)6-10(14)13-11/h2-5,9,11H,6H2,1H3,(H,13,14)(H,15,16). The molecule has 2 unspecified atom stereocenters. The van der Waals surface area contributed by atoms with Crippen molar-refractivity contribution in [3.8, 4) is 0 Å². The molecular weight excluding hydrogens is 206 g/mol. The number of nitrogens with one attached hydrogen (secondary N) is 1. The number of aryl methyl sites for hydroxylation is 1. The number of carbonyl (C=O) groups excluding carboxylic acids is 1. The van der Waals surface area contributed by atoms with Crippen molar-refractivity contribution in [2.24, 2.45) is 5.92 Å². The summed E-state index contributed by atoms with van der Waals surface area (Å²) in [6, 6.07) is 7.17. The average molecular weight is 219 g/mol. The van der Waals surface area contributed by atoms with Crippen LogP contribution in [0.1, 0.15) is 23.6 Å². The highest BCUT2D eigenvalue weighted by Crippen LogP contribution is 2.30. The van der Waals surface area contributed by atoms with E-state index in [0.29, 0.717) is 0 Å². The maximum Gasteiger partial charge on any atom is 0.309 e. The third-order valence-electron chi connectivity index (χ3n) is 2.84. The molecule has 0 aliphatic carbocycles. The maximum atomic E-state index is 11.3. The highest BCUT2D eigenvalue weighted by molar-refractivity contribution is 5.87. The van der Waals surface area contributed by atoms with Crippen molar-refractivity contribution in [3.05, 3.63) is 35.4 Å². The minimum absolute atomic E-state index is 0.0634. The van der Waals surface area contributed by atoms with Crippen molar-refractivity contribution in [1.29, 1.82) is 0 Å². The van der Waals surface area contributed by atoms with Gasteiger partial charge in [0.1, 0.15) is 0 Å². The van der Waals surface area contributed by atoms with Gasteiger partial charge in [0.15, 0.2) is 0 Å². The first kappa shape index (κ1) is 10.7. The third-order valence-corrected chi connectivity index (χ3v) is 2.84. The Morgan fingerprint density at radius 3 is 2.88 bits per heavy atom. The lowest BCUT2D eigenvalue weighted by Crippen LogP contribution is -2.24. The molecule has 1 fully saturated rings. The zero-order valence-electron chi connectivity index (χ0n) is 8.93. The van der Waals surface area contributed by atoms with E-state index in [1.165, 1.54) is 0 Å². The van der Waals surface area contributed by atoms with Crippen molar-refractivity contribution in [2.75, 3.05) is 0 Å². The quantitative estimate of drug-likeness (QED) is 0.786. The van der Waals surface area contributed by atoms with Gasteiger partial charge in [-0.2, -0.15) is 0 Å². The Morgan fingerprint density at radius 2 is 2.25 bits per heavy atom. The summed E-state index contributed by atoms with van der Waals surface area (Å²) in [4.78, 5) is 22.3. The molecule has 0 spiro atoms. The summed E-state index contributed by atoms with van der Waals surface area (Å²) >= 11 is 0. The number of rotatable bonds is 2. The summed E-state index contributed by atoms with van der Waals surface area (Å²) in [5.74, 6) is -1.78. The average Bonchev–Trinajstić information content (AvgIpc) is 2.60. The van der Waals surface area contributed by atoms with Gasteiger partial charge in [-0.05, 0) is 12.5 Å². The van der Waals surface area contributed by atoms with Crippen LogP contribution in [-0.2, 0) is 9.59 Å². The van der Waals surface area contributed by atoms with Crippen LogP contribution in [0.4, 0.5) is 0 Å². The molecule has 0 saturated carbocycles. The van der Waals surface area contributed by atoms with Gasteiger partial charge in [0.05, 0.1) is 12.0 Å². The normalized spacial score (nSPS) is 24.2. The van der Waals surface area contributed by atoms with Crippen molar-refractivity contribution < 1.29 is 14.7 Å². The van der Waals surface area contributed by atoms with Gasteiger partial charge in [-0.15, -0.1) is 0 Å². The fraction of sp³-hybridized carbons (Fsp3) is 0.333. The number of hydrogen-bond donors (Lipinski definition) is 2. The van der Waals surface area contributed by atoms with Crippen LogP contribution in [0.15, 0.2) is 24.3 Å². The van der Waals surface area contributed by atoms with Crippen molar-refractivity contribution >= 4 is 11.9 Å². The molecule has 84 valence electrons. The van der Waals surface area contributed by atoms with E-state index in [9.17, 15) is 9.59 Å². The molecule has 4 nitrogen and oxygen atoms in total. The van der Waals surface area contributed by atoms with E-state index in [1.807, 2.05) is 31.2 Å². The van der Waals surface area contributed by atoms with Crippen LogP contribution in [0, 0.1) is 12.8 Å². The number of amides is 1. The Balaban J connectivity index is 2.32. The van der Waals surface area contributed by atoms with Crippen molar-refractivity contribution in [2.45, 2.75) is 19.4 Å². The second-order valence-corrected chi connectivity index (χ2v) is 4.11. The molecule has 1 aliphatic heterocycles. The van der Waals surface area contributed by atoms with Gasteiger partial charge < -0.3 is 10.4 Å². The van der Waals surface area contributed by atoms with Crippen LogP contribution in [0.2, 0.25) is 0 Å². The van der Waals surface area contributed by atoms with Crippen molar-refractivity contribution in [1.82, 2.24) is 5.32 Å². The van der Waals surface area contributed by atoms with Crippen LogP contribution in [0.25, 0.3) is 0 Å². The fourth-order valence-corrected chi connectivity index (χ4v) is 2.06. The summed E-state index contributed by atoms with van der Waals surface area (Å²) in [7, 11) is 0. The zero-order chi connectivity index (χ0) is 11.7. The summed E-state index contributed by atoms with van der Waals surface area (Å²) < 4.78 is 0. The molecule has 1 saturated heterocycles. The predicted octanol–water partition coefficient (Wildman–Crippen LogP) is 1.26. The third kappa shape index (κ3) is 1.91. The van der Waals surface area contributed by atoms with E-state index < -0.39 is 17.9 Å². The molecule has 2 rings (SSSR count). The van der Waals surface area contributed by atoms with Crippen LogP contribution >= 0.6 is 0 Å². The van der Waals surface area contributed by atoms with E-state index in [1.54, 1.807) is 0 Å². The molecule has 1 amide bonds. The molecule has 2 N–H and O–H groups in total. The topological polar surface area (TPSA) is 66.4 Å². The largest absolute Gasteiger partial charge is 0.481 e. The minimum Gasteiger partial charge on any atom is -0.481 e. The minimum atomic E-state index is -0.926. The van der Waals surface area contributed by atoms with Crippen LogP contribution < -0.4 is 5.32 Å². The highest BCUT2D eigenvalue weighted by atomic mass is 16.4. The van der Waals surface area contributed by atoms with E-state index in [4.69, 9.17) is 5.11 Å². The molecule has 1 heterocycles. The molecule has 1 aliphatic rings. The van der Waals surface area contributed by atoms with E-state index in [-0.39, 0.29) is 12.3 Å². The summed E-state index contributed by atoms with van der Waals surface area (Å²) in [5, 5.41) is 11.7. The van der Waals surface area contributed by atoms with Crippen LogP contribution in [-0.4, -0.2) is 17.0 Å². The Kier molecular flexibility index (Phi) is 2.64. The Bertz CT molecular complexity index is 442. The van der Waals surface area contributed by atoms with Crippen LogP contribution in [0.5, 0.6) is 0 Å². The number of benzene rings is 1. The Hall–Kier alpha value is -1.84. The lowest BCUT2D eigenvalue weighted by molar-refractivity contribution is -0.142. The summed E-state index contributed by atoms with van der Waals surface area (Å²) in [5.41, 5.74) is 1.92. The number of carbonyl (C=O) groups is 2. The highest BCUT2D eigenvalue weighted by Gasteiger charge is 2.38. The van der Waals surface area contributed by atoms with Gasteiger partial charge >= 0.3 is 5.97 Å². The van der Waals surface area contributed by atoms with Crippen molar-refractivity contribution in [3.63, 3.8) is 0 Å². The second-order valence-electron chi connectivity index (χ2n) is 4.11. The first-order chi connectivity index (χ1) is 7.58. The number of aliphatic carboxylic acids is 1. The molecular formula is C12H13NO3. The van der Waals surface area contributed by atoms with Gasteiger partial charge in [-0.25, -0.2) is 0 Å². The predicted molar refractivity (Wildman–Crippen MR) is 57.8 cm³/mol. The monoisotopic (exact) mass is 219 g/mol. The molecule has 1 aromatic rings. The first-order valence-corrected chi connectivity index (χ1v) is 5.16.